The second-order valence-electron chi connectivity index (χ2n) is 7.79. The van der Waals surface area contributed by atoms with Crippen molar-refractivity contribution in [2.45, 2.75) is 26.9 Å². The number of aryl methyl sites for hydroxylation is 3. The number of hydrogen-bond donors (Lipinski definition) is 0. The minimum Gasteiger partial charge on any atom is -0.489 e. The first kappa shape index (κ1) is 22.5. The highest BCUT2D eigenvalue weighted by atomic mass is 16.5. The van der Waals surface area contributed by atoms with Crippen molar-refractivity contribution in [2.24, 2.45) is 7.05 Å². The first-order valence-electron chi connectivity index (χ1n) is 10.7. The van der Waals surface area contributed by atoms with Gasteiger partial charge in [0.25, 0.3) is 0 Å². The molecule has 0 aliphatic carbocycles. The maximum Gasteiger partial charge on any atom is 0.368 e. The van der Waals surface area contributed by atoms with Gasteiger partial charge in [0.15, 0.2) is 5.69 Å². The molecular formula is C26H22N6O2. The summed E-state index contributed by atoms with van der Waals surface area (Å²) in [5.74, 6) is 0.687. The van der Waals surface area contributed by atoms with Gasteiger partial charge in [-0.3, -0.25) is 0 Å². The predicted octanol–water partition coefficient (Wildman–Crippen LogP) is 4.51. The predicted molar refractivity (Wildman–Crippen MR) is 128 cm³/mol. The van der Waals surface area contributed by atoms with E-state index in [0.717, 1.165) is 28.7 Å². The summed E-state index contributed by atoms with van der Waals surface area (Å²) in [7, 11) is 1.56. The summed E-state index contributed by atoms with van der Waals surface area (Å²) in [6.07, 6.45) is 0.772. The van der Waals surface area contributed by atoms with Crippen LogP contribution in [0.2, 0.25) is 0 Å². The van der Waals surface area contributed by atoms with Crippen LogP contribution in [-0.2, 0) is 20.1 Å². The zero-order chi connectivity index (χ0) is 24.2. The molecule has 0 N–H and O–H groups in total. The summed E-state index contributed by atoms with van der Waals surface area (Å²) in [4.78, 5) is 15.9. The zero-order valence-corrected chi connectivity index (χ0v) is 19.1. The van der Waals surface area contributed by atoms with Crippen molar-refractivity contribution in [3.63, 3.8) is 0 Å². The number of nitriles is 1. The van der Waals surface area contributed by atoms with Crippen LogP contribution >= 0.6 is 0 Å². The third-order valence-electron chi connectivity index (χ3n) is 5.69. The summed E-state index contributed by atoms with van der Waals surface area (Å²) in [5.41, 5.74) is 5.67. The number of aromatic nitrogens is 4. The molecule has 0 saturated heterocycles. The maximum absolute atomic E-state index is 12.4. The number of benzene rings is 3. The van der Waals surface area contributed by atoms with Crippen molar-refractivity contribution in [3.05, 3.63) is 98.8 Å². The summed E-state index contributed by atoms with van der Waals surface area (Å²) in [6, 6.07) is 18.6. The molecule has 0 aliphatic rings. The lowest BCUT2D eigenvalue weighted by atomic mass is 9.98. The van der Waals surface area contributed by atoms with E-state index in [-0.39, 0.29) is 12.3 Å². The van der Waals surface area contributed by atoms with E-state index in [4.69, 9.17) is 11.3 Å². The Kier molecular flexibility index (Phi) is 6.24. The van der Waals surface area contributed by atoms with Gasteiger partial charge in [-0.05, 0) is 70.3 Å². The van der Waals surface area contributed by atoms with Crippen LogP contribution in [0.15, 0.2) is 59.4 Å². The molecule has 168 valence electrons. The Labute approximate surface area is 197 Å². The van der Waals surface area contributed by atoms with Gasteiger partial charge in [0, 0.05) is 12.6 Å². The maximum atomic E-state index is 12.4. The highest BCUT2D eigenvalue weighted by molar-refractivity contribution is 5.75. The van der Waals surface area contributed by atoms with E-state index in [0.29, 0.717) is 28.3 Å². The number of nitrogens with zero attached hydrogens (tertiary/aromatic N) is 6. The molecule has 4 rings (SSSR count). The molecule has 0 amide bonds. The van der Waals surface area contributed by atoms with Gasteiger partial charge in [-0.1, -0.05) is 37.3 Å². The Balaban J connectivity index is 1.67. The molecule has 0 radical (unpaired) electrons. The third-order valence-corrected chi connectivity index (χ3v) is 5.69. The molecule has 0 fully saturated rings. The lowest BCUT2D eigenvalue weighted by molar-refractivity contribution is 0.302. The quantitative estimate of drug-likeness (QED) is 0.403. The first-order chi connectivity index (χ1) is 16.5. The van der Waals surface area contributed by atoms with Crippen LogP contribution in [0.5, 0.6) is 5.75 Å². The minimum atomic E-state index is -0.329. The summed E-state index contributed by atoms with van der Waals surface area (Å²) in [6.45, 7) is 11.5. The summed E-state index contributed by atoms with van der Waals surface area (Å²) < 4.78 is 8.65. The van der Waals surface area contributed by atoms with Gasteiger partial charge in [0.05, 0.1) is 23.9 Å². The largest absolute Gasteiger partial charge is 0.489 e. The van der Waals surface area contributed by atoms with Gasteiger partial charge < -0.3 is 4.74 Å². The second kappa shape index (κ2) is 9.43. The number of hydrogen-bond acceptors (Lipinski definition) is 5. The fourth-order valence-corrected chi connectivity index (χ4v) is 3.85. The number of rotatable bonds is 6. The monoisotopic (exact) mass is 450 g/mol. The molecule has 0 aliphatic heterocycles. The molecule has 8 nitrogen and oxygen atoms in total. The van der Waals surface area contributed by atoms with E-state index >= 15 is 0 Å². The van der Waals surface area contributed by atoms with Crippen molar-refractivity contribution in [2.75, 3.05) is 0 Å². The van der Waals surface area contributed by atoms with E-state index in [2.05, 4.69) is 21.3 Å². The van der Waals surface area contributed by atoms with Crippen molar-refractivity contribution < 1.29 is 4.74 Å². The SMILES string of the molecule is [C-]#[N+]c1ccc(C#N)c(-c2ccc(OCc3c(CC)cccc3-n3nnn(C)c3=O)c(C)c2)c1. The van der Waals surface area contributed by atoms with Crippen molar-refractivity contribution in [3.8, 4) is 28.6 Å². The fraction of sp³-hybridized carbons (Fsp3) is 0.192. The molecule has 0 spiro atoms. The molecule has 1 aromatic heterocycles. The van der Waals surface area contributed by atoms with Crippen molar-refractivity contribution >= 4 is 5.69 Å². The Morgan fingerprint density at radius 2 is 1.97 bits per heavy atom. The molecular weight excluding hydrogens is 428 g/mol. The van der Waals surface area contributed by atoms with E-state index < -0.39 is 0 Å². The standard InChI is InChI=1S/C26H22N6O2/c1-5-18-7-6-8-24(32-26(33)31(4)29-30-32)23(18)16-34-25-12-10-19(13-17(25)2)22-14-21(28-3)11-9-20(22)15-27/h6-14H,5,16H2,1-2,4H3. The Morgan fingerprint density at radius 1 is 1.15 bits per heavy atom. The molecule has 34 heavy (non-hydrogen) atoms. The van der Waals surface area contributed by atoms with Crippen LogP contribution in [-0.4, -0.2) is 19.8 Å². The first-order valence-corrected chi connectivity index (χ1v) is 10.7. The highest BCUT2D eigenvalue weighted by Crippen LogP contribution is 2.32. The van der Waals surface area contributed by atoms with Crippen molar-refractivity contribution in [1.29, 1.82) is 5.26 Å². The molecule has 1 heterocycles. The van der Waals surface area contributed by atoms with Gasteiger partial charge in [0.1, 0.15) is 12.4 Å². The molecule has 0 unspecified atom stereocenters. The Bertz CT molecular complexity index is 1520. The lowest BCUT2D eigenvalue weighted by Crippen LogP contribution is -2.23. The van der Waals surface area contributed by atoms with E-state index in [1.165, 1.54) is 9.36 Å². The normalized spacial score (nSPS) is 10.5. The van der Waals surface area contributed by atoms with Crippen LogP contribution < -0.4 is 10.4 Å². The Hall–Kier alpha value is -4.69. The number of ether oxygens (including phenoxy) is 1. The van der Waals surface area contributed by atoms with Gasteiger partial charge in [-0.25, -0.2) is 9.64 Å². The average molecular weight is 451 g/mol. The van der Waals surface area contributed by atoms with Crippen LogP contribution in [0.1, 0.15) is 29.2 Å². The zero-order valence-electron chi connectivity index (χ0n) is 19.1. The summed E-state index contributed by atoms with van der Waals surface area (Å²) in [5, 5.41) is 17.3. The van der Waals surface area contributed by atoms with Gasteiger partial charge >= 0.3 is 5.69 Å². The molecule has 4 aromatic rings. The fourth-order valence-electron chi connectivity index (χ4n) is 3.85. The van der Waals surface area contributed by atoms with Gasteiger partial charge in [-0.2, -0.15) is 14.6 Å². The second-order valence-corrected chi connectivity index (χ2v) is 7.79. The van der Waals surface area contributed by atoms with Crippen LogP contribution in [0, 0.1) is 24.8 Å². The molecule has 0 bridgehead atoms. The van der Waals surface area contributed by atoms with Crippen LogP contribution in [0.25, 0.3) is 21.7 Å². The van der Waals surface area contributed by atoms with Gasteiger partial charge in [0.2, 0.25) is 0 Å². The molecule has 8 heteroatoms. The number of tetrazole rings is 1. The smallest absolute Gasteiger partial charge is 0.368 e. The molecule has 0 saturated carbocycles. The van der Waals surface area contributed by atoms with Crippen LogP contribution in [0.4, 0.5) is 5.69 Å². The molecule has 0 atom stereocenters. The third kappa shape index (κ3) is 4.17. The molecule has 3 aromatic carbocycles. The van der Waals surface area contributed by atoms with E-state index in [9.17, 15) is 10.1 Å². The summed E-state index contributed by atoms with van der Waals surface area (Å²) >= 11 is 0. The lowest BCUT2D eigenvalue weighted by Gasteiger charge is -2.16. The topological polar surface area (TPSA) is 90.1 Å². The average Bonchev–Trinajstić information content (AvgIpc) is 3.20. The van der Waals surface area contributed by atoms with Crippen LogP contribution in [0.3, 0.4) is 0 Å². The Morgan fingerprint density at radius 3 is 2.62 bits per heavy atom. The van der Waals surface area contributed by atoms with Gasteiger partial charge in [-0.15, -0.1) is 0 Å². The van der Waals surface area contributed by atoms with E-state index in [1.54, 1.807) is 25.2 Å². The minimum absolute atomic E-state index is 0.249. The highest BCUT2D eigenvalue weighted by Gasteiger charge is 2.15. The van der Waals surface area contributed by atoms with E-state index in [1.807, 2.05) is 50.2 Å². The van der Waals surface area contributed by atoms with Crippen molar-refractivity contribution in [1.82, 2.24) is 19.8 Å².